The second-order valence-electron chi connectivity index (χ2n) is 13.3. The minimum absolute atomic E-state index is 0.483. The van der Waals surface area contributed by atoms with Crippen molar-refractivity contribution in [2.45, 2.75) is 76.3 Å². The molecule has 6 nitrogen and oxygen atoms in total. The van der Waals surface area contributed by atoms with Crippen LogP contribution in [0.3, 0.4) is 0 Å². The van der Waals surface area contributed by atoms with E-state index in [1.807, 2.05) is 0 Å². The number of piperidine rings is 2. The molecule has 0 saturated carbocycles. The Morgan fingerprint density at radius 3 is 1.45 bits per heavy atom. The zero-order valence-electron chi connectivity index (χ0n) is 26.0. The fourth-order valence-corrected chi connectivity index (χ4v) is 8.77. The minimum atomic E-state index is 0.483. The van der Waals surface area contributed by atoms with E-state index in [0.717, 1.165) is 25.9 Å². The maximum atomic E-state index is 3.72. The predicted octanol–water partition coefficient (Wildman–Crippen LogP) is 7.99. The molecule has 0 aliphatic carbocycles. The van der Waals surface area contributed by atoms with Gasteiger partial charge in [0.1, 0.15) is 0 Å². The van der Waals surface area contributed by atoms with Crippen molar-refractivity contribution in [2.24, 2.45) is 0 Å². The van der Waals surface area contributed by atoms with Crippen molar-refractivity contribution in [3.05, 3.63) is 67.9 Å². The van der Waals surface area contributed by atoms with E-state index < -0.39 is 0 Å². The molecule has 0 radical (unpaired) electrons. The van der Waals surface area contributed by atoms with Gasteiger partial charge in [0.2, 0.25) is 0 Å². The van der Waals surface area contributed by atoms with E-state index >= 15 is 0 Å². The summed E-state index contributed by atoms with van der Waals surface area (Å²) in [6.45, 7) is 9.79. The molecular formula is C36H48Br2N6. The van der Waals surface area contributed by atoms with Crippen LogP contribution >= 0.6 is 31.9 Å². The van der Waals surface area contributed by atoms with Crippen molar-refractivity contribution in [2.75, 3.05) is 52.4 Å². The average Bonchev–Trinajstić information content (AvgIpc) is 3.62. The molecule has 0 unspecified atom stereocenters. The molecule has 4 aliphatic rings. The normalized spacial score (nSPS) is 22.9. The Morgan fingerprint density at radius 2 is 1.02 bits per heavy atom. The van der Waals surface area contributed by atoms with Crippen LogP contribution < -0.4 is 10.6 Å². The summed E-state index contributed by atoms with van der Waals surface area (Å²) in [4.78, 5) is 12.6. The largest absolute Gasteiger partial charge is 0.357 e. The Kier molecular flexibility index (Phi) is 10.1. The van der Waals surface area contributed by atoms with Gasteiger partial charge in [-0.1, -0.05) is 44.7 Å². The molecule has 4 N–H and O–H groups in total. The van der Waals surface area contributed by atoms with Crippen molar-refractivity contribution in [1.82, 2.24) is 30.4 Å². The standard InChI is InChI=1S/2C18H24BrN3/c2*19-13-4-5-16-15(12-13)14-6-8-20-17(18(14)21-16)7-11-22-9-2-1-3-10-22/h2*4-5,12,17,20-21H,1-3,6-11H2/t2*17-/m10/s1. The number of fused-ring (bicyclic) bond motifs is 6. The number of nitrogens with one attached hydrogen (secondary N) is 4. The van der Waals surface area contributed by atoms with E-state index in [9.17, 15) is 0 Å². The molecule has 0 bridgehead atoms. The Labute approximate surface area is 279 Å². The van der Waals surface area contributed by atoms with Gasteiger partial charge < -0.3 is 30.4 Å². The van der Waals surface area contributed by atoms with E-state index in [2.05, 4.69) is 98.7 Å². The van der Waals surface area contributed by atoms with E-state index in [-0.39, 0.29) is 0 Å². The van der Waals surface area contributed by atoms with Crippen molar-refractivity contribution in [1.29, 1.82) is 0 Å². The highest BCUT2D eigenvalue weighted by Gasteiger charge is 2.26. The third kappa shape index (κ3) is 7.01. The fraction of sp³-hybridized carbons (Fsp3) is 0.556. The Hall–Kier alpha value is -1.68. The number of rotatable bonds is 6. The van der Waals surface area contributed by atoms with Crippen molar-refractivity contribution >= 4 is 53.7 Å². The highest BCUT2D eigenvalue weighted by Crippen LogP contribution is 2.34. The maximum absolute atomic E-state index is 3.72. The quantitative estimate of drug-likeness (QED) is 0.163. The number of hydrogen-bond donors (Lipinski definition) is 4. The van der Waals surface area contributed by atoms with Gasteiger partial charge in [-0.05, 0) is 151 Å². The van der Waals surface area contributed by atoms with Crippen molar-refractivity contribution < 1.29 is 0 Å². The highest BCUT2D eigenvalue weighted by atomic mass is 79.9. The van der Waals surface area contributed by atoms with Gasteiger partial charge in [-0.3, -0.25) is 0 Å². The van der Waals surface area contributed by atoms with Gasteiger partial charge >= 0.3 is 0 Å². The lowest BCUT2D eigenvalue weighted by Gasteiger charge is -2.30. The van der Waals surface area contributed by atoms with Gasteiger partial charge in [-0.2, -0.15) is 0 Å². The first-order valence-electron chi connectivity index (χ1n) is 17.1. The fourth-order valence-electron chi connectivity index (χ4n) is 8.04. The minimum Gasteiger partial charge on any atom is -0.357 e. The molecule has 44 heavy (non-hydrogen) atoms. The van der Waals surface area contributed by atoms with Gasteiger partial charge in [0.25, 0.3) is 0 Å². The number of aromatic amines is 2. The predicted molar refractivity (Wildman–Crippen MR) is 191 cm³/mol. The van der Waals surface area contributed by atoms with Crippen LogP contribution in [0.25, 0.3) is 21.8 Å². The number of halogens is 2. The van der Waals surface area contributed by atoms with Gasteiger partial charge in [0.15, 0.2) is 0 Å². The van der Waals surface area contributed by atoms with E-state index in [1.54, 1.807) is 0 Å². The molecule has 6 heterocycles. The van der Waals surface area contributed by atoms with E-state index in [1.165, 1.54) is 144 Å². The summed E-state index contributed by atoms with van der Waals surface area (Å²) in [5, 5.41) is 10.2. The third-order valence-electron chi connectivity index (χ3n) is 10.4. The zero-order chi connectivity index (χ0) is 29.9. The molecule has 8 heteroatoms. The molecule has 236 valence electrons. The molecule has 8 rings (SSSR count). The summed E-state index contributed by atoms with van der Waals surface area (Å²) in [7, 11) is 0. The summed E-state index contributed by atoms with van der Waals surface area (Å²) in [6.07, 6.45) is 13.0. The lowest BCUT2D eigenvalue weighted by molar-refractivity contribution is 0.215. The van der Waals surface area contributed by atoms with Crippen LogP contribution in [0.1, 0.15) is 86.0 Å². The second-order valence-corrected chi connectivity index (χ2v) is 15.1. The van der Waals surface area contributed by atoms with Crippen LogP contribution in [0.2, 0.25) is 0 Å². The maximum Gasteiger partial charge on any atom is 0.0488 e. The van der Waals surface area contributed by atoms with Crippen LogP contribution in [-0.4, -0.2) is 72.1 Å². The lowest BCUT2D eigenvalue weighted by Crippen LogP contribution is -2.35. The van der Waals surface area contributed by atoms with Crippen LogP contribution in [0.5, 0.6) is 0 Å². The number of benzene rings is 2. The molecular weight excluding hydrogens is 676 g/mol. The molecule has 2 aromatic carbocycles. The third-order valence-corrected chi connectivity index (χ3v) is 11.4. The van der Waals surface area contributed by atoms with Crippen molar-refractivity contribution in [3.63, 3.8) is 0 Å². The second kappa shape index (κ2) is 14.4. The van der Waals surface area contributed by atoms with Crippen LogP contribution in [0.15, 0.2) is 45.3 Å². The SMILES string of the molecule is Brc1ccc2[nH]c3c(c2c1)CCN[C@@H]3CCN1CCCCC1.Brc1ccc2[nH]c3c(c2c1)CCN[C@H]3CCN1CCCCC1. The van der Waals surface area contributed by atoms with E-state index in [4.69, 9.17) is 0 Å². The summed E-state index contributed by atoms with van der Waals surface area (Å²) in [5.41, 5.74) is 8.46. The van der Waals surface area contributed by atoms with Crippen LogP contribution in [0.4, 0.5) is 0 Å². The summed E-state index contributed by atoms with van der Waals surface area (Å²) < 4.78 is 2.34. The Balaban J connectivity index is 0.000000142. The number of hydrogen-bond acceptors (Lipinski definition) is 4. The van der Waals surface area contributed by atoms with Crippen LogP contribution in [-0.2, 0) is 12.8 Å². The Bertz CT molecular complexity index is 1430. The van der Waals surface area contributed by atoms with Crippen molar-refractivity contribution in [3.8, 4) is 0 Å². The summed E-state index contributed by atoms with van der Waals surface area (Å²) in [5.74, 6) is 0. The first-order chi connectivity index (χ1) is 21.6. The molecule has 0 amide bonds. The zero-order valence-corrected chi connectivity index (χ0v) is 29.2. The molecule has 4 aromatic rings. The number of aromatic nitrogens is 2. The topological polar surface area (TPSA) is 62.1 Å². The highest BCUT2D eigenvalue weighted by molar-refractivity contribution is 9.10. The first kappa shape index (κ1) is 30.9. The molecule has 2 atom stereocenters. The van der Waals surface area contributed by atoms with Crippen LogP contribution in [0, 0.1) is 0 Å². The average molecular weight is 725 g/mol. The number of H-pyrrole nitrogens is 2. The molecule has 2 fully saturated rings. The smallest absolute Gasteiger partial charge is 0.0488 e. The summed E-state index contributed by atoms with van der Waals surface area (Å²) in [6, 6.07) is 14.1. The van der Waals surface area contributed by atoms with Gasteiger partial charge in [-0.25, -0.2) is 0 Å². The molecule has 2 saturated heterocycles. The number of likely N-dealkylation sites (tertiary alicyclic amines) is 2. The summed E-state index contributed by atoms with van der Waals surface area (Å²) >= 11 is 7.21. The molecule has 0 spiro atoms. The monoisotopic (exact) mass is 722 g/mol. The van der Waals surface area contributed by atoms with Gasteiger partial charge in [0, 0.05) is 54.2 Å². The molecule has 4 aliphatic heterocycles. The lowest BCUT2D eigenvalue weighted by atomic mass is 9.97. The Morgan fingerprint density at radius 1 is 0.591 bits per heavy atom. The van der Waals surface area contributed by atoms with Gasteiger partial charge in [0.05, 0.1) is 0 Å². The van der Waals surface area contributed by atoms with Gasteiger partial charge in [-0.15, -0.1) is 0 Å². The molecule has 2 aromatic heterocycles. The number of nitrogens with zero attached hydrogens (tertiary/aromatic N) is 2. The first-order valence-corrected chi connectivity index (χ1v) is 18.7. The van der Waals surface area contributed by atoms with E-state index in [0.29, 0.717) is 12.1 Å².